The van der Waals surface area contributed by atoms with Gasteiger partial charge in [0, 0.05) is 19.5 Å². The second-order valence-corrected chi connectivity index (χ2v) is 8.97. The third-order valence-electron chi connectivity index (χ3n) is 3.00. The molecule has 2 aromatic carbocycles. The van der Waals surface area contributed by atoms with Gasteiger partial charge in [0.05, 0.1) is 12.5 Å². The van der Waals surface area contributed by atoms with Crippen molar-refractivity contribution in [1.82, 2.24) is 0 Å². The van der Waals surface area contributed by atoms with E-state index in [1.807, 2.05) is 30.3 Å². The first-order chi connectivity index (χ1) is 9.57. The number of fused-ring (bicyclic) bond motifs is 1. The molecule has 7 heteroatoms. The van der Waals surface area contributed by atoms with Gasteiger partial charge >= 0.3 is 8.03 Å². The van der Waals surface area contributed by atoms with Crippen molar-refractivity contribution in [2.24, 2.45) is 0 Å². The summed E-state index contributed by atoms with van der Waals surface area (Å²) in [4.78, 5) is 0. The standard InChI is InChI=1S/C13H15O4P2S/c1-15-18(14)11-8-4-6-10-7-5-9-12(13(10)11)19(20,16-2)17-3/h4-9H,1-3H3/q+1. The van der Waals surface area contributed by atoms with Gasteiger partial charge in [0.25, 0.3) is 0 Å². The van der Waals surface area contributed by atoms with E-state index in [2.05, 4.69) is 0 Å². The Morgan fingerprint density at radius 1 is 1.05 bits per heavy atom. The number of benzene rings is 2. The average Bonchev–Trinajstić information content (AvgIpc) is 2.52. The molecule has 0 radical (unpaired) electrons. The van der Waals surface area contributed by atoms with Crippen LogP contribution in [0, 0.1) is 0 Å². The van der Waals surface area contributed by atoms with Crippen molar-refractivity contribution in [1.29, 1.82) is 0 Å². The van der Waals surface area contributed by atoms with Gasteiger partial charge in [-0.25, -0.2) is 0 Å². The lowest BCUT2D eigenvalue weighted by atomic mass is 10.1. The van der Waals surface area contributed by atoms with Gasteiger partial charge in [0.15, 0.2) is 0 Å². The number of hydrogen-bond acceptors (Lipinski definition) is 5. The van der Waals surface area contributed by atoms with E-state index in [-0.39, 0.29) is 0 Å². The summed E-state index contributed by atoms with van der Waals surface area (Å²) in [5.41, 5.74) is 0. The zero-order valence-electron chi connectivity index (χ0n) is 11.4. The fraction of sp³-hybridized carbons (Fsp3) is 0.231. The maximum absolute atomic E-state index is 12.1. The van der Waals surface area contributed by atoms with E-state index in [1.54, 1.807) is 6.07 Å². The Bertz CT molecular complexity index is 689. The highest BCUT2D eigenvalue weighted by Crippen LogP contribution is 2.47. The molecule has 0 saturated carbocycles. The second kappa shape index (κ2) is 6.40. The summed E-state index contributed by atoms with van der Waals surface area (Å²) < 4.78 is 27.9. The summed E-state index contributed by atoms with van der Waals surface area (Å²) in [5, 5.41) is 3.10. The lowest BCUT2D eigenvalue weighted by molar-refractivity contribution is 0.347. The maximum Gasteiger partial charge on any atom is 0.549 e. The van der Waals surface area contributed by atoms with Crippen LogP contribution in [0.1, 0.15) is 0 Å². The first-order valence-electron chi connectivity index (χ1n) is 5.82. The second-order valence-electron chi connectivity index (χ2n) is 3.95. The SMILES string of the molecule is CO[P+](=O)c1cccc2cccc(P(=S)(OC)OC)c12. The summed E-state index contributed by atoms with van der Waals surface area (Å²) in [6, 6.07) is 11.2. The van der Waals surface area contributed by atoms with E-state index in [1.165, 1.54) is 21.3 Å². The van der Waals surface area contributed by atoms with Crippen molar-refractivity contribution in [3.05, 3.63) is 36.4 Å². The smallest absolute Gasteiger partial charge is 0.329 e. The van der Waals surface area contributed by atoms with Gasteiger partial charge in [0.2, 0.25) is 11.8 Å². The van der Waals surface area contributed by atoms with Crippen molar-refractivity contribution in [2.45, 2.75) is 0 Å². The average molecular weight is 329 g/mol. The molecule has 1 atom stereocenters. The minimum atomic E-state index is -2.61. The largest absolute Gasteiger partial charge is 0.549 e. The molecule has 0 spiro atoms. The normalized spacial score (nSPS) is 12.7. The van der Waals surface area contributed by atoms with Gasteiger partial charge in [0.1, 0.15) is 0 Å². The molecule has 0 saturated heterocycles. The summed E-state index contributed by atoms with van der Waals surface area (Å²) in [6.45, 7) is -2.61. The molecule has 106 valence electrons. The minimum absolute atomic E-state index is 0.610. The molecule has 2 aromatic rings. The molecular weight excluding hydrogens is 314 g/mol. The van der Waals surface area contributed by atoms with Crippen LogP contribution < -0.4 is 10.6 Å². The molecule has 0 heterocycles. The van der Waals surface area contributed by atoms with Gasteiger partial charge in [-0.05, 0) is 33.9 Å². The molecule has 0 aliphatic heterocycles. The van der Waals surface area contributed by atoms with E-state index in [0.29, 0.717) is 5.30 Å². The molecule has 0 aromatic heterocycles. The van der Waals surface area contributed by atoms with E-state index >= 15 is 0 Å². The van der Waals surface area contributed by atoms with Crippen LogP contribution in [0.3, 0.4) is 0 Å². The predicted molar refractivity (Wildman–Crippen MR) is 86.1 cm³/mol. The lowest BCUT2D eigenvalue weighted by Gasteiger charge is -2.19. The van der Waals surface area contributed by atoms with Crippen molar-refractivity contribution in [3.63, 3.8) is 0 Å². The summed E-state index contributed by atoms with van der Waals surface area (Å²) in [7, 11) is 2.54. The number of rotatable bonds is 5. The first kappa shape index (κ1) is 15.7. The highest BCUT2D eigenvalue weighted by molar-refractivity contribution is 8.13. The van der Waals surface area contributed by atoms with Crippen LogP contribution in [-0.2, 0) is 29.9 Å². The Labute approximate surface area is 124 Å². The molecular formula is C13H15O4P2S+. The van der Waals surface area contributed by atoms with Crippen LogP contribution >= 0.6 is 14.5 Å². The Hall–Kier alpha value is -0.670. The van der Waals surface area contributed by atoms with Gasteiger partial charge in [-0.1, -0.05) is 24.3 Å². The van der Waals surface area contributed by atoms with E-state index in [0.717, 1.165) is 16.1 Å². The minimum Gasteiger partial charge on any atom is -0.329 e. The van der Waals surface area contributed by atoms with Gasteiger partial charge in [-0.2, -0.15) is 0 Å². The third kappa shape index (κ3) is 2.71. The van der Waals surface area contributed by atoms with Crippen LogP contribution in [0.4, 0.5) is 0 Å². The molecule has 20 heavy (non-hydrogen) atoms. The molecule has 0 bridgehead atoms. The lowest BCUT2D eigenvalue weighted by Crippen LogP contribution is -2.15. The van der Waals surface area contributed by atoms with Crippen molar-refractivity contribution >= 4 is 47.7 Å². The first-order valence-corrected chi connectivity index (χ1v) is 9.64. The predicted octanol–water partition coefficient (Wildman–Crippen LogP) is 3.08. The molecule has 0 amide bonds. The van der Waals surface area contributed by atoms with Crippen LogP contribution in [0.25, 0.3) is 10.8 Å². The van der Waals surface area contributed by atoms with Crippen molar-refractivity contribution in [3.8, 4) is 0 Å². The fourth-order valence-corrected chi connectivity index (χ4v) is 4.77. The van der Waals surface area contributed by atoms with Gasteiger partial charge < -0.3 is 9.05 Å². The maximum atomic E-state index is 12.1. The van der Waals surface area contributed by atoms with Crippen LogP contribution in [0.2, 0.25) is 0 Å². The molecule has 0 aliphatic carbocycles. The Balaban J connectivity index is 2.86. The molecule has 2 rings (SSSR count). The van der Waals surface area contributed by atoms with Gasteiger partial charge in [-0.15, -0.1) is 4.52 Å². The molecule has 0 fully saturated rings. The topological polar surface area (TPSA) is 44.8 Å². The Kier molecular flexibility index (Phi) is 5.03. The number of hydrogen-bond donors (Lipinski definition) is 0. The zero-order valence-corrected chi connectivity index (χ0v) is 14.0. The zero-order chi connectivity index (χ0) is 14.8. The molecule has 0 N–H and O–H groups in total. The van der Waals surface area contributed by atoms with Crippen LogP contribution in [0.15, 0.2) is 36.4 Å². The van der Waals surface area contributed by atoms with Crippen LogP contribution in [0.5, 0.6) is 0 Å². The van der Waals surface area contributed by atoms with E-state index in [9.17, 15) is 4.57 Å². The molecule has 1 unspecified atom stereocenters. The monoisotopic (exact) mass is 329 g/mol. The quantitative estimate of drug-likeness (QED) is 0.789. The van der Waals surface area contributed by atoms with E-state index < -0.39 is 14.5 Å². The summed E-state index contributed by atoms with van der Waals surface area (Å²) >= 11 is 5.51. The Morgan fingerprint density at radius 2 is 1.65 bits per heavy atom. The highest BCUT2D eigenvalue weighted by Gasteiger charge is 2.30. The third-order valence-corrected chi connectivity index (χ3v) is 7.51. The summed E-state index contributed by atoms with van der Waals surface area (Å²) in [6.07, 6.45) is 0. The molecule has 0 aliphatic rings. The van der Waals surface area contributed by atoms with Gasteiger partial charge in [-0.3, -0.25) is 0 Å². The van der Waals surface area contributed by atoms with E-state index in [4.69, 9.17) is 25.4 Å². The highest BCUT2D eigenvalue weighted by atomic mass is 32.5. The van der Waals surface area contributed by atoms with Crippen molar-refractivity contribution < 1.29 is 18.1 Å². The van der Waals surface area contributed by atoms with Crippen LogP contribution in [-0.4, -0.2) is 21.3 Å². The van der Waals surface area contributed by atoms with Crippen molar-refractivity contribution in [2.75, 3.05) is 21.3 Å². The summed E-state index contributed by atoms with van der Waals surface area (Å²) in [5.74, 6) is 0. The molecule has 4 nitrogen and oxygen atoms in total. The Morgan fingerprint density at radius 3 is 2.20 bits per heavy atom. The fourth-order valence-electron chi connectivity index (χ4n) is 2.05.